The van der Waals surface area contributed by atoms with Crippen molar-refractivity contribution in [3.63, 3.8) is 0 Å². The lowest BCUT2D eigenvalue weighted by molar-refractivity contribution is 0.0934. The fourth-order valence-electron chi connectivity index (χ4n) is 4.43. The fourth-order valence-corrected chi connectivity index (χ4v) is 4.43. The van der Waals surface area contributed by atoms with Crippen molar-refractivity contribution >= 4 is 17.6 Å². The highest BCUT2D eigenvalue weighted by atomic mass is 16.2. The molecule has 4 rings (SSSR count). The van der Waals surface area contributed by atoms with E-state index in [2.05, 4.69) is 26.6 Å². The van der Waals surface area contributed by atoms with E-state index in [4.69, 9.17) is 0 Å². The molecule has 158 valence electrons. The zero-order valence-corrected chi connectivity index (χ0v) is 17.5. The number of carbonyl (C=O) groups is 2. The summed E-state index contributed by atoms with van der Waals surface area (Å²) in [5.41, 5.74) is 2.69. The van der Waals surface area contributed by atoms with Crippen molar-refractivity contribution < 1.29 is 9.59 Å². The zero-order valence-electron chi connectivity index (χ0n) is 17.5. The molecule has 7 nitrogen and oxygen atoms in total. The summed E-state index contributed by atoms with van der Waals surface area (Å²) in [6, 6.07) is 12.2. The average Bonchev–Trinajstić information content (AvgIpc) is 3.03. The van der Waals surface area contributed by atoms with E-state index in [1.807, 2.05) is 36.9 Å². The lowest BCUT2D eigenvalue weighted by atomic mass is 10.1. The summed E-state index contributed by atoms with van der Waals surface area (Å²) >= 11 is 0. The van der Waals surface area contributed by atoms with Crippen LogP contribution in [0.3, 0.4) is 0 Å². The standard InChI is InChI=1S/C23H29N5O2/c1-16(2)26-23(30)28-15-20-10-9-19(13-25-22(29)17-7-5-11-24-12-17)27(20)14-18-6-3-4-8-21(18)28/h3-8,11-12,16,19-20H,9-10,13-15H2,1-2H3,(H,25,29)(H,26,30)/t19-,20-/m1/s1. The summed E-state index contributed by atoms with van der Waals surface area (Å²) in [5.74, 6) is -0.0975. The van der Waals surface area contributed by atoms with Gasteiger partial charge in [-0.2, -0.15) is 0 Å². The first-order valence-corrected chi connectivity index (χ1v) is 10.6. The minimum absolute atomic E-state index is 0.0485. The van der Waals surface area contributed by atoms with E-state index in [1.165, 1.54) is 0 Å². The maximum atomic E-state index is 12.9. The molecule has 1 saturated heterocycles. The predicted molar refractivity (Wildman–Crippen MR) is 116 cm³/mol. The number of hydrogen-bond acceptors (Lipinski definition) is 4. The van der Waals surface area contributed by atoms with Crippen LogP contribution in [0.5, 0.6) is 0 Å². The molecule has 1 aromatic carbocycles. The lowest BCUT2D eigenvalue weighted by Crippen LogP contribution is -2.49. The van der Waals surface area contributed by atoms with Gasteiger partial charge in [-0.05, 0) is 50.5 Å². The molecule has 2 N–H and O–H groups in total. The van der Waals surface area contributed by atoms with E-state index >= 15 is 0 Å². The molecule has 0 radical (unpaired) electrons. The van der Waals surface area contributed by atoms with Gasteiger partial charge in [0.05, 0.1) is 5.56 Å². The molecule has 3 amide bonds. The fraction of sp³-hybridized carbons (Fsp3) is 0.435. The molecule has 0 aliphatic carbocycles. The molecular weight excluding hydrogens is 378 g/mol. The number of pyridine rings is 1. The number of aromatic nitrogens is 1. The number of nitrogens with zero attached hydrogens (tertiary/aromatic N) is 3. The second-order valence-electron chi connectivity index (χ2n) is 8.35. The van der Waals surface area contributed by atoms with Crippen molar-refractivity contribution in [1.82, 2.24) is 20.5 Å². The minimum atomic E-state index is -0.0975. The van der Waals surface area contributed by atoms with Crippen molar-refractivity contribution in [2.75, 3.05) is 18.0 Å². The third-order valence-corrected chi connectivity index (χ3v) is 5.88. The van der Waals surface area contributed by atoms with Crippen LogP contribution in [0.25, 0.3) is 0 Å². The van der Waals surface area contributed by atoms with Gasteiger partial charge in [-0.25, -0.2) is 4.79 Å². The Morgan fingerprint density at radius 1 is 1.17 bits per heavy atom. The Morgan fingerprint density at radius 2 is 2.00 bits per heavy atom. The van der Waals surface area contributed by atoms with E-state index < -0.39 is 0 Å². The number of benzene rings is 1. The number of amides is 3. The molecule has 2 aliphatic heterocycles. The van der Waals surface area contributed by atoms with Crippen LogP contribution in [0.4, 0.5) is 10.5 Å². The van der Waals surface area contributed by atoms with Gasteiger partial charge >= 0.3 is 6.03 Å². The van der Waals surface area contributed by atoms with Gasteiger partial charge in [0.25, 0.3) is 5.91 Å². The quantitative estimate of drug-likeness (QED) is 0.817. The third kappa shape index (κ3) is 4.31. The maximum absolute atomic E-state index is 12.9. The van der Waals surface area contributed by atoms with Gasteiger partial charge in [-0.1, -0.05) is 18.2 Å². The first-order chi connectivity index (χ1) is 14.5. The van der Waals surface area contributed by atoms with Crippen LogP contribution in [-0.2, 0) is 6.54 Å². The Labute approximate surface area is 177 Å². The van der Waals surface area contributed by atoms with Crippen molar-refractivity contribution in [3.8, 4) is 0 Å². The first kappa shape index (κ1) is 20.3. The molecule has 2 atom stereocenters. The Kier molecular flexibility index (Phi) is 5.99. The van der Waals surface area contributed by atoms with Gasteiger partial charge in [0, 0.05) is 55.8 Å². The van der Waals surface area contributed by atoms with Gasteiger partial charge in [0.2, 0.25) is 0 Å². The Hall–Kier alpha value is -2.93. The van der Waals surface area contributed by atoms with Gasteiger partial charge in [0.15, 0.2) is 0 Å². The van der Waals surface area contributed by atoms with Crippen LogP contribution in [0.2, 0.25) is 0 Å². The van der Waals surface area contributed by atoms with E-state index in [0.29, 0.717) is 18.7 Å². The molecule has 1 fully saturated rings. The molecule has 3 heterocycles. The summed E-state index contributed by atoms with van der Waals surface area (Å²) < 4.78 is 0. The first-order valence-electron chi connectivity index (χ1n) is 10.6. The normalized spacial score (nSPS) is 21.0. The summed E-state index contributed by atoms with van der Waals surface area (Å²) in [6.07, 6.45) is 5.25. The van der Waals surface area contributed by atoms with Crippen LogP contribution in [0.15, 0.2) is 48.8 Å². The highest BCUT2D eigenvalue weighted by Gasteiger charge is 2.38. The van der Waals surface area contributed by atoms with Crippen LogP contribution >= 0.6 is 0 Å². The summed E-state index contributed by atoms with van der Waals surface area (Å²) in [6.45, 7) is 5.97. The SMILES string of the molecule is CC(C)NC(=O)N1C[C@H]2CC[C@H](CNC(=O)c3cccnc3)N2Cc2ccccc21. The van der Waals surface area contributed by atoms with E-state index in [9.17, 15) is 9.59 Å². The largest absolute Gasteiger partial charge is 0.350 e. The lowest BCUT2D eigenvalue weighted by Gasteiger charge is -2.30. The van der Waals surface area contributed by atoms with E-state index in [0.717, 1.165) is 30.6 Å². The monoisotopic (exact) mass is 407 g/mol. The van der Waals surface area contributed by atoms with Gasteiger partial charge in [0.1, 0.15) is 0 Å². The number of anilines is 1. The van der Waals surface area contributed by atoms with Crippen LogP contribution in [0, 0.1) is 0 Å². The number of fused-ring (bicyclic) bond motifs is 2. The Balaban J connectivity index is 1.49. The van der Waals surface area contributed by atoms with Crippen molar-refractivity contribution in [2.24, 2.45) is 0 Å². The number of para-hydroxylation sites is 1. The predicted octanol–water partition coefficient (Wildman–Crippen LogP) is 2.78. The van der Waals surface area contributed by atoms with Crippen LogP contribution < -0.4 is 15.5 Å². The van der Waals surface area contributed by atoms with Gasteiger partial charge in [-0.3, -0.25) is 19.6 Å². The number of carbonyl (C=O) groups excluding carboxylic acids is 2. The average molecular weight is 408 g/mol. The van der Waals surface area contributed by atoms with Gasteiger partial charge in [-0.15, -0.1) is 0 Å². The van der Waals surface area contributed by atoms with Crippen LogP contribution in [0.1, 0.15) is 42.6 Å². The number of urea groups is 1. The maximum Gasteiger partial charge on any atom is 0.322 e. The number of hydrogen-bond donors (Lipinski definition) is 2. The molecule has 0 bridgehead atoms. The number of rotatable bonds is 4. The molecule has 0 spiro atoms. The van der Waals surface area contributed by atoms with Crippen molar-refractivity contribution in [1.29, 1.82) is 0 Å². The van der Waals surface area contributed by atoms with Crippen LogP contribution in [-0.4, -0.2) is 53.0 Å². The summed E-state index contributed by atoms with van der Waals surface area (Å²) in [5, 5.41) is 6.10. The molecule has 2 aliphatic rings. The smallest absolute Gasteiger partial charge is 0.322 e. The topological polar surface area (TPSA) is 77.6 Å². The van der Waals surface area contributed by atoms with E-state index in [-0.39, 0.29) is 30.1 Å². The zero-order chi connectivity index (χ0) is 21.1. The van der Waals surface area contributed by atoms with Gasteiger partial charge < -0.3 is 10.6 Å². The molecule has 0 unspecified atom stereocenters. The minimum Gasteiger partial charge on any atom is -0.350 e. The molecular formula is C23H29N5O2. The number of nitrogens with one attached hydrogen (secondary N) is 2. The molecule has 1 aromatic heterocycles. The highest BCUT2D eigenvalue weighted by molar-refractivity contribution is 5.94. The molecule has 2 aromatic rings. The Bertz CT molecular complexity index is 901. The Morgan fingerprint density at radius 3 is 2.77 bits per heavy atom. The van der Waals surface area contributed by atoms with E-state index in [1.54, 1.807) is 24.5 Å². The third-order valence-electron chi connectivity index (χ3n) is 5.88. The highest BCUT2D eigenvalue weighted by Crippen LogP contribution is 2.34. The van der Waals surface area contributed by atoms with Crippen molar-refractivity contribution in [3.05, 3.63) is 59.9 Å². The van der Waals surface area contributed by atoms with Crippen molar-refractivity contribution in [2.45, 2.75) is 51.4 Å². The second kappa shape index (κ2) is 8.83. The molecule has 30 heavy (non-hydrogen) atoms. The summed E-state index contributed by atoms with van der Waals surface area (Å²) in [4.78, 5) is 33.7. The molecule has 0 saturated carbocycles. The molecule has 7 heteroatoms. The second-order valence-corrected chi connectivity index (χ2v) is 8.35. The summed E-state index contributed by atoms with van der Waals surface area (Å²) in [7, 11) is 0.